The first kappa shape index (κ1) is 16.2. The molecule has 5 nitrogen and oxygen atoms in total. The quantitative estimate of drug-likeness (QED) is 0.803. The molecule has 1 aromatic carbocycles. The number of methoxy groups -OCH3 is 1. The molecule has 6 heteroatoms. The van der Waals surface area contributed by atoms with E-state index in [1.165, 1.54) is 11.3 Å². The van der Waals surface area contributed by atoms with Gasteiger partial charge in [0.1, 0.15) is 0 Å². The number of carboxylic acids is 1. The Kier molecular flexibility index (Phi) is 5.30. The third-order valence-electron chi connectivity index (χ3n) is 3.18. The van der Waals surface area contributed by atoms with Crippen LogP contribution in [0.4, 0.5) is 0 Å². The van der Waals surface area contributed by atoms with Crippen LogP contribution in [-0.2, 0) is 4.74 Å². The Morgan fingerprint density at radius 3 is 2.64 bits per heavy atom. The fourth-order valence-electron chi connectivity index (χ4n) is 2.08. The summed E-state index contributed by atoms with van der Waals surface area (Å²) in [5.74, 6) is -1.15. The summed E-state index contributed by atoms with van der Waals surface area (Å²) in [5, 5.41) is 11.9. The second kappa shape index (κ2) is 7.20. The van der Waals surface area contributed by atoms with E-state index in [0.717, 1.165) is 15.3 Å². The number of aromatic carboxylic acids is 1. The first-order valence-electron chi connectivity index (χ1n) is 6.75. The van der Waals surface area contributed by atoms with Gasteiger partial charge in [0.15, 0.2) is 0 Å². The molecule has 0 unspecified atom stereocenters. The van der Waals surface area contributed by atoms with Crippen molar-refractivity contribution in [2.75, 3.05) is 20.3 Å². The van der Waals surface area contributed by atoms with Crippen LogP contribution in [0.2, 0.25) is 0 Å². The highest BCUT2D eigenvalue weighted by molar-refractivity contribution is 7.15. The summed E-state index contributed by atoms with van der Waals surface area (Å²) in [6.45, 7) is 2.63. The first-order valence-corrected chi connectivity index (χ1v) is 7.56. The lowest BCUT2D eigenvalue weighted by Gasteiger charge is -2.08. The molecule has 0 aliphatic carbocycles. The Bertz CT molecular complexity index is 693. The van der Waals surface area contributed by atoms with E-state index in [0.29, 0.717) is 18.7 Å². The van der Waals surface area contributed by atoms with Gasteiger partial charge in [-0.1, -0.05) is 18.2 Å². The van der Waals surface area contributed by atoms with E-state index in [-0.39, 0.29) is 11.5 Å². The van der Waals surface area contributed by atoms with Crippen molar-refractivity contribution in [3.63, 3.8) is 0 Å². The predicted octanol–water partition coefficient (Wildman–Crippen LogP) is 2.80. The maximum absolute atomic E-state index is 12.3. The highest BCUT2D eigenvalue weighted by Gasteiger charge is 2.17. The van der Waals surface area contributed by atoms with Gasteiger partial charge in [-0.15, -0.1) is 11.3 Å². The summed E-state index contributed by atoms with van der Waals surface area (Å²) in [4.78, 5) is 24.9. The molecule has 1 aromatic heterocycles. The zero-order valence-corrected chi connectivity index (χ0v) is 13.2. The van der Waals surface area contributed by atoms with Gasteiger partial charge in [-0.2, -0.15) is 0 Å². The molecule has 2 aromatic rings. The number of carboxylic acid groups (broad SMARTS) is 1. The van der Waals surface area contributed by atoms with Gasteiger partial charge in [-0.25, -0.2) is 4.79 Å². The van der Waals surface area contributed by atoms with Gasteiger partial charge in [-0.05, 0) is 19.1 Å². The van der Waals surface area contributed by atoms with E-state index >= 15 is 0 Å². The minimum absolute atomic E-state index is 0.199. The zero-order valence-electron chi connectivity index (χ0n) is 12.4. The lowest BCUT2D eigenvalue weighted by Crippen LogP contribution is -2.27. The summed E-state index contributed by atoms with van der Waals surface area (Å²) in [5.41, 5.74) is 1.53. The SMILES string of the molecule is COCCNC(=O)c1ccccc1-c1cc(C(=O)O)c(C)s1. The molecule has 116 valence electrons. The topological polar surface area (TPSA) is 75.6 Å². The van der Waals surface area contributed by atoms with Crippen LogP contribution < -0.4 is 5.32 Å². The molecular weight excluding hydrogens is 302 g/mol. The molecule has 0 fully saturated rings. The van der Waals surface area contributed by atoms with Gasteiger partial charge in [0.25, 0.3) is 5.91 Å². The fraction of sp³-hybridized carbons (Fsp3) is 0.250. The van der Waals surface area contributed by atoms with E-state index in [1.54, 1.807) is 32.2 Å². The number of carbonyl (C=O) groups excluding carboxylic acids is 1. The van der Waals surface area contributed by atoms with Crippen LogP contribution in [-0.4, -0.2) is 37.2 Å². The van der Waals surface area contributed by atoms with Crippen LogP contribution in [0.1, 0.15) is 25.6 Å². The van der Waals surface area contributed by atoms with Crippen molar-refractivity contribution in [1.82, 2.24) is 5.32 Å². The predicted molar refractivity (Wildman–Crippen MR) is 85.7 cm³/mol. The third-order valence-corrected chi connectivity index (χ3v) is 4.26. The number of rotatable bonds is 6. The zero-order chi connectivity index (χ0) is 16.1. The Morgan fingerprint density at radius 1 is 1.27 bits per heavy atom. The molecule has 2 rings (SSSR count). The molecule has 1 heterocycles. The number of hydrogen-bond donors (Lipinski definition) is 2. The summed E-state index contributed by atoms with van der Waals surface area (Å²) in [6, 6.07) is 8.78. The number of thiophene rings is 1. The second-order valence-electron chi connectivity index (χ2n) is 4.68. The Hall–Kier alpha value is -2.18. The van der Waals surface area contributed by atoms with Gasteiger partial charge in [0.05, 0.1) is 12.2 Å². The van der Waals surface area contributed by atoms with Crippen molar-refractivity contribution in [3.05, 3.63) is 46.3 Å². The number of benzene rings is 1. The average molecular weight is 319 g/mol. The van der Waals surface area contributed by atoms with Crippen molar-refractivity contribution >= 4 is 23.2 Å². The number of nitrogens with one attached hydrogen (secondary N) is 1. The normalized spacial score (nSPS) is 10.5. The molecule has 0 aliphatic rings. The number of ether oxygens (including phenoxy) is 1. The number of amides is 1. The standard InChI is InChI=1S/C16H17NO4S/c1-10-13(16(19)20)9-14(22-10)11-5-3-4-6-12(11)15(18)17-7-8-21-2/h3-6,9H,7-8H2,1-2H3,(H,17,18)(H,19,20). The van der Waals surface area contributed by atoms with Crippen molar-refractivity contribution < 1.29 is 19.4 Å². The van der Waals surface area contributed by atoms with Crippen molar-refractivity contribution in [2.24, 2.45) is 0 Å². The third kappa shape index (κ3) is 3.52. The molecule has 0 bridgehead atoms. The summed E-state index contributed by atoms with van der Waals surface area (Å²) in [7, 11) is 1.57. The van der Waals surface area contributed by atoms with Gasteiger partial charge in [0, 0.05) is 34.5 Å². The van der Waals surface area contributed by atoms with E-state index < -0.39 is 5.97 Å². The number of hydrogen-bond acceptors (Lipinski definition) is 4. The molecule has 0 aliphatic heterocycles. The molecule has 0 saturated carbocycles. The Labute approximate surface area is 132 Å². The molecule has 0 atom stereocenters. The van der Waals surface area contributed by atoms with Gasteiger partial charge >= 0.3 is 5.97 Å². The van der Waals surface area contributed by atoms with Gasteiger partial charge < -0.3 is 15.2 Å². The van der Waals surface area contributed by atoms with Gasteiger partial charge in [0.2, 0.25) is 0 Å². The molecule has 0 radical (unpaired) electrons. The number of aryl methyl sites for hydroxylation is 1. The van der Waals surface area contributed by atoms with Crippen LogP contribution in [0.25, 0.3) is 10.4 Å². The second-order valence-corrected chi connectivity index (χ2v) is 5.94. The molecule has 2 N–H and O–H groups in total. The largest absolute Gasteiger partial charge is 0.478 e. The van der Waals surface area contributed by atoms with Crippen LogP contribution in [0.3, 0.4) is 0 Å². The smallest absolute Gasteiger partial charge is 0.336 e. The van der Waals surface area contributed by atoms with E-state index in [4.69, 9.17) is 9.84 Å². The Balaban J connectivity index is 2.34. The van der Waals surface area contributed by atoms with E-state index in [2.05, 4.69) is 5.32 Å². The Morgan fingerprint density at radius 2 is 2.00 bits per heavy atom. The van der Waals surface area contributed by atoms with Crippen LogP contribution in [0.5, 0.6) is 0 Å². The van der Waals surface area contributed by atoms with Crippen LogP contribution in [0, 0.1) is 6.92 Å². The van der Waals surface area contributed by atoms with E-state index in [1.807, 2.05) is 12.1 Å². The highest BCUT2D eigenvalue weighted by atomic mass is 32.1. The van der Waals surface area contributed by atoms with Crippen LogP contribution >= 0.6 is 11.3 Å². The van der Waals surface area contributed by atoms with Crippen molar-refractivity contribution in [2.45, 2.75) is 6.92 Å². The van der Waals surface area contributed by atoms with Gasteiger partial charge in [-0.3, -0.25) is 4.79 Å². The lowest BCUT2D eigenvalue weighted by atomic mass is 10.0. The monoisotopic (exact) mass is 319 g/mol. The van der Waals surface area contributed by atoms with E-state index in [9.17, 15) is 9.59 Å². The average Bonchev–Trinajstić information content (AvgIpc) is 2.89. The first-order chi connectivity index (χ1) is 10.5. The summed E-state index contributed by atoms with van der Waals surface area (Å²) >= 11 is 1.37. The molecule has 22 heavy (non-hydrogen) atoms. The maximum Gasteiger partial charge on any atom is 0.336 e. The number of carbonyl (C=O) groups is 2. The summed E-state index contributed by atoms with van der Waals surface area (Å²) in [6.07, 6.45) is 0. The highest BCUT2D eigenvalue weighted by Crippen LogP contribution is 2.33. The minimum atomic E-state index is -0.956. The van der Waals surface area contributed by atoms with Crippen molar-refractivity contribution in [1.29, 1.82) is 0 Å². The summed E-state index contributed by atoms with van der Waals surface area (Å²) < 4.78 is 4.91. The fourth-order valence-corrected chi connectivity index (χ4v) is 3.14. The molecule has 0 saturated heterocycles. The minimum Gasteiger partial charge on any atom is -0.478 e. The lowest BCUT2D eigenvalue weighted by molar-refractivity contribution is 0.0696. The maximum atomic E-state index is 12.3. The van der Waals surface area contributed by atoms with Crippen LogP contribution in [0.15, 0.2) is 30.3 Å². The molecular formula is C16H17NO4S. The van der Waals surface area contributed by atoms with Crippen molar-refractivity contribution in [3.8, 4) is 10.4 Å². The molecule has 0 spiro atoms. The molecule has 1 amide bonds.